The van der Waals surface area contributed by atoms with Crippen LogP contribution in [0.15, 0.2) is 53.4 Å². The molecule has 0 aromatic heterocycles. The van der Waals surface area contributed by atoms with E-state index in [2.05, 4.69) is 4.72 Å². The summed E-state index contributed by atoms with van der Waals surface area (Å²) in [5.74, 6) is -0.946. The Kier molecular flexibility index (Phi) is 4.67. The first kappa shape index (κ1) is 15.8. The number of ether oxygens (including phenoxy) is 1. The summed E-state index contributed by atoms with van der Waals surface area (Å²) < 4.78 is 32.4. The highest BCUT2D eigenvalue weighted by Crippen LogP contribution is 2.26. The molecule has 0 aliphatic rings. The maximum absolute atomic E-state index is 12.3. The fourth-order valence-corrected chi connectivity index (χ4v) is 2.88. The van der Waals surface area contributed by atoms with E-state index in [-0.39, 0.29) is 10.5 Å². The number of carboxylic acids is 1. The molecule has 2 aromatic rings. The molecule has 0 saturated carbocycles. The zero-order chi connectivity index (χ0) is 16.2. The van der Waals surface area contributed by atoms with Gasteiger partial charge in [-0.05, 0) is 36.8 Å². The van der Waals surface area contributed by atoms with Crippen LogP contribution in [-0.2, 0) is 10.0 Å². The second-order valence-electron chi connectivity index (χ2n) is 4.35. The smallest absolute Gasteiger partial charge is 0.262 e. The maximum atomic E-state index is 12.3. The Morgan fingerprint density at radius 2 is 1.77 bits per heavy atom. The van der Waals surface area contributed by atoms with Gasteiger partial charge < -0.3 is 14.6 Å². The Balaban J connectivity index is 2.30. The van der Waals surface area contributed by atoms with Crippen molar-refractivity contribution in [3.8, 4) is 5.75 Å². The lowest BCUT2D eigenvalue weighted by Crippen LogP contribution is -2.22. The number of carboxylic acid groups (broad SMARTS) is 1. The molecule has 0 radical (unpaired) electrons. The lowest BCUT2D eigenvalue weighted by Gasteiger charge is -2.13. The number of para-hydroxylation sites is 2. The molecule has 0 aliphatic carbocycles. The van der Waals surface area contributed by atoms with Gasteiger partial charge in [-0.3, -0.25) is 4.72 Å². The van der Waals surface area contributed by atoms with Gasteiger partial charge >= 0.3 is 0 Å². The lowest BCUT2D eigenvalue weighted by atomic mass is 10.2. The summed E-state index contributed by atoms with van der Waals surface area (Å²) in [4.78, 5) is 10.6. The highest BCUT2D eigenvalue weighted by atomic mass is 32.2. The van der Waals surface area contributed by atoms with E-state index in [0.29, 0.717) is 18.0 Å². The molecule has 0 heterocycles. The van der Waals surface area contributed by atoms with E-state index in [4.69, 9.17) is 4.74 Å². The van der Waals surface area contributed by atoms with Crippen LogP contribution in [0.25, 0.3) is 0 Å². The number of benzene rings is 2. The monoisotopic (exact) mass is 320 g/mol. The van der Waals surface area contributed by atoms with Crippen molar-refractivity contribution in [2.45, 2.75) is 11.8 Å². The normalized spacial score (nSPS) is 11.0. The molecule has 0 fully saturated rings. The molecular formula is C15H14NO5S-. The first-order valence-corrected chi connectivity index (χ1v) is 7.98. The van der Waals surface area contributed by atoms with Crippen LogP contribution in [0.5, 0.6) is 5.75 Å². The van der Waals surface area contributed by atoms with Gasteiger partial charge in [0.15, 0.2) is 0 Å². The molecule has 116 valence electrons. The fraction of sp³-hybridized carbons (Fsp3) is 0.133. The average molecular weight is 320 g/mol. The fourth-order valence-electron chi connectivity index (χ4n) is 1.81. The van der Waals surface area contributed by atoms with Crippen molar-refractivity contribution < 1.29 is 23.1 Å². The van der Waals surface area contributed by atoms with E-state index in [1.54, 1.807) is 31.2 Å². The molecular weight excluding hydrogens is 306 g/mol. The first-order valence-electron chi connectivity index (χ1n) is 6.50. The molecule has 22 heavy (non-hydrogen) atoms. The van der Waals surface area contributed by atoms with E-state index >= 15 is 0 Å². The molecule has 2 rings (SSSR count). The predicted molar refractivity (Wildman–Crippen MR) is 79.2 cm³/mol. The molecule has 0 atom stereocenters. The van der Waals surface area contributed by atoms with E-state index in [0.717, 1.165) is 0 Å². The van der Waals surface area contributed by atoms with Crippen molar-refractivity contribution in [3.05, 3.63) is 54.1 Å². The summed E-state index contributed by atoms with van der Waals surface area (Å²) >= 11 is 0. The minimum Gasteiger partial charge on any atom is -0.545 e. The van der Waals surface area contributed by atoms with E-state index < -0.39 is 16.0 Å². The summed E-state index contributed by atoms with van der Waals surface area (Å²) in [6, 6.07) is 11.4. The summed E-state index contributed by atoms with van der Waals surface area (Å²) in [6.45, 7) is 2.20. The summed E-state index contributed by atoms with van der Waals surface area (Å²) in [5.41, 5.74) is 0.224. The third-order valence-electron chi connectivity index (χ3n) is 2.83. The molecule has 0 unspecified atom stereocenters. The third-order valence-corrected chi connectivity index (χ3v) is 4.21. The standard InChI is InChI=1S/C15H15NO5S/c1-2-21-14-6-4-3-5-13(14)16-22(19,20)12-9-7-11(8-10-12)15(17)18/h3-10,16H,2H2,1H3,(H,17,18)/p-1. The van der Waals surface area contributed by atoms with Crippen LogP contribution in [0.3, 0.4) is 0 Å². The van der Waals surface area contributed by atoms with Gasteiger partial charge in [-0.1, -0.05) is 24.3 Å². The van der Waals surface area contributed by atoms with Gasteiger partial charge in [0, 0.05) is 0 Å². The molecule has 7 heteroatoms. The maximum Gasteiger partial charge on any atom is 0.262 e. The zero-order valence-electron chi connectivity index (χ0n) is 11.8. The van der Waals surface area contributed by atoms with Crippen LogP contribution in [-0.4, -0.2) is 21.0 Å². The van der Waals surface area contributed by atoms with Gasteiger partial charge in [-0.25, -0.2) is 8.42 Å². The van der Waals surface area contributed by atoms with Crippen LogP contribution in [0.2, 0.25) is 0 Å². The van der Waals surface area contributed by atoms with Crippen molar-refractivity contribution in [1.29, 1.82) is 0 Å². The number of carbonyl (C=O) groups is 1. The molecule has 1 N–H and O–H groups in total. The number of anilines is 1. The summed E-state index contributed by atoms with van der Waals surface area (Å²) in [7, 11) is -3.84. The molecule has 0 spiro atoms. The summed E-state index contributed by atoms with van der Waals surface area (Å²) in [6.07, 6.45) is 0. The van der Waals surface area contributed by atoms with Crippen LogP contribution in [0.1, 0.15) is 17.3 Å². The Labute approximate surface area is 128 Å². The van der Waals surface area contributed by atoms with Crippen LogP contribution >= 0.6 is 0 Å². The molecule has 0 aliphatic heterocycles. The number of hydrogen-bond acceptors (Lipinski definition) is 5. The van der Waals surface area contributed by atoms with Gasteiger partial charge in [-0.15, -0.1) is 0 Å². The van der Waals surface area contributed by atoms with Crippen LogP contribution < -0.4 is 14.6 Å². The Hall–Kier alpha value is -2.54. The SMILES string of the molecule is CCOc1ccccc1NS(=O)(=O)c1ccc(C(=O)[O-])cc1. The van der Waals surface area contributed by atoms with E-state index in [1.165, 1.54) is 24.3 Å². The van der Waals surface area contributed by atoms with Gasteiger partial charge in [-0.2, -0.15) is 0 Å². The molecule has 0 bridgehead atoms. The minimum atomic E-state index is -3.84. The first-order chi connectivity index (χ1) is 10.4. The number of rotatable bonds is 6. The number of carbonyl (C=O) groups excluding carboxylic acids is 1. The van der Waals surface area contributed by atoms with Gasteiger partial charge in [0.1, 0.15) is 5.75 Å². The number of aromatic carboxylic acids is 1. The number of nitrogens with one attached hydrogen (secondary N) is 1. The van der Waals surface area contributed by atoms with Gasteiger partial charge in [0.25, 0.3) is 10.0 Å². The van der Waals surface area contributed by atoms with Gasteiger partial charge in [0.05, 0.1) is 23.2 Å². The summed E-state index contributed by atoms with van der Waals surface area (Å²) in [5, 5.41) is 10.7. The van der Waals surface area contributed by atoms with Crippen LogP contribution in [0.4, 0.5) is 5.69 Å². The molecule has 0 saturated heterocycles. The second kappa shape index (κ2) is 6.48. The Morgan fingerprint density at radius 3 is 2.36 bits per heavy atom. The highest BCUT2D eigenvalue weighted by Gasteiger charge is 2.16. The topological polar surface area (TPSA) is 95.5 Å². The van der Waals surface area contributed by atoms with Crippen LogP contribution in [0, 0.1) is 0 Å². The van der Waals surface area contributed by atoms with Crippen molar-refractivity contribution in [2.75, 3.05) is 11.3 Å². The molecule has 6 nitrogen and oxygen atoms in total. The number of hydrogen-bond donors (Lipinski definition) is 1. The molecule has 0 amide bonds. The Morgan fingerprint density at radius 1 is 1.14 bits per heavy atom. The zero-order valence-corrected chi connectivity index (χ0v) is 12.6. The van der Waals surface area contributed by atoms with E-state index in [9.17, 15) is 18.3 Å². The number of sulfonamides is 1. The van der Waals surface area contributed by atoms with E-state index in [1.807, 2.05) is 0 Å². The molecule has 2 aromatic carbocycles. The van der Waals surface area contributed by atoms with Crippen molar-refractivity contribution >= 4 is 21.7 Å². The quantitative estimate of drug-likeness (QED) is 0.864. The van der Waals surface area contributed by atoms with Crippen molar-refractivity contribution in [2.24, 2.45) is 0 Å². The largest absolute Gasteiger partial charge is 0.545 e. The van der Waals surface area contributed by atoms with Gasteiger partial charge in [0.2, 0.25) is 0 Å². The Bertz CT molecular complexity index is 769. The second-order valence-corrected chi connectivity index (χ2v) is 6.03. The predicted octanol–water partition coefficient (Wildman–Crippen LogP) is 1.25. The third kappa shape index (κ3) is 3.56. The van der Waals surface area contributed by atoms with Crippen molar-refractivity contribution in [1.82, 2.24) is 0 Å². The minimum absolute atomic E-state index is 0.0520. The average Bonchev–Trinajstić information content (AvgIpc) is 2.49. The van der Waals surface area contributed by atoms with Crippen molar-refractivity contribution in [3.63, 3.8) is 0 Å². The highest BCUT2D eigenvalue weighted by molar-refractivity contribution is 7.92. The lowest BCUT2D eigenvalue weighted by molar-refractivity contribution is -0.255.